The summed E-state index contributed by atoms with van der Waals surface area (Å²) in [7, 11) is 0. The molecule has 3 rings (SSSR count). The number of nitro groups is 2. The van der Waals surface area contributed by atoms with Gasteiger partial charge < -0.3 is 4.52 Å². The zero-order valence-electron chi connectivity index (χ0n) is 10.4. The SMILES string of the molecule is O=[N+]([O-])c1cc([N+](=O)[O-])c2c(-c3ccccc3)onc2c1. The molecule has 0 bridgehead atoms. The van der Waals surface area contributed by atoms with Crippen LogP contribution in [0.4, 0.5) is 11.4 Å². The van der Waals surface area contributed by atoms with Gasteiger partial charge in [0, 0.05) is 11.6 Å². The molecule has 2 aromatic carbocycles. The van der Waals surface area contributed by atoms with E-state index in [-0.39, 0.29) is 16.7 Å². The van der Waals surface area contributed by atoms with Gasteiger partial charge in [-0.15, -0.1) is 0 Å². The lowest BCUT2D eigenvalue weighted by Gasteiger charge is -1.98. The third-order valence-corrected chi connectivity index (χ3v) is 2.99. The molecule has 0 aliphatic rings. The summed E-state index contributed by atoms with van der Waals surface area (Å²) in [5.41, 5.74) is -0.117. The highest BCUT2D eigenvalue weighted by atomic mass is 16.6. The van der Waals surface area contributed by atoms with Gasteiger partial charge in [-0.25, -0.2) is 0 Å². The van der Waals surface area contributed by atoms with Crippen molar-refractivity contribution >= 4 is 22.3 Å². The van der Waals surface area contributed by atoms with Crippen LogP contribution in [0.3, 0.4) is 0 Å². The lowest BCUT2D eigenvalue weighted by Crippen LogP contribution is -1.94. The number of rotatable bonds is 3. The molecule has 0 amide bonds. The summed E-state index contributed by atoms with van der Waals surface area (Å²) >= 11 is 0. The summed E-state index contributed by atoms with van der Waals surface area (Å²) in [6, 6.07) is 10.8. The first-order valence-corrected chi connectivity index (χ1v) is 5.85. The molecule has 0 radical (unpaired) electrons. The van der Waals surface area contributed by atoms with Crippen molar-refractivity contribution in [2.45, 2.75) is 0 Å². The first-order valence-electron chi connectivity index (χ1n) is 5.85. The number of nitro benzene ring substituents is 2. The maximum atomic E-state index is 11.2. The Morgan fingerprint density at radius 3 is 2.33 bits per heavy atom. The third kappa shape index (κ3) is 2.08. The van der Waals surface area contributed by atoms with Gasteiger partial charge in [-0.05, 0) is 0 Å². The largest absolute Gasteiger partial charge is 0.355 e. The van der Waals surface area contributed by atoms with E-state index in [2.05, 4.69) is 5.16 Å². The van der Waals surface area contributed by atoms with Crippen LogP contribution in [0, 0.1) is 20.2 Å². The molecule has 0 aliphatic carbocycles. The number of nitrogens with zero attached hydrogens (tertiary/aromatic N) is 3. The Morgan fingerprint density at radius 1 is 1.00 bits per heavy atom. The minimum Gasteiger partial charge on any atom is -0.355 e. The van der Waals surface area contributed by atoms with E-state index >= 15 is 0 Å². The van der Waals surface area contributed by atoms with Gasteiger partial charge in [0.15, 0.2) is 5.76 Å². The Morgan fingerprint density at radius 2 is 1.71 bits per heavy atom. The molecule has 0 fully saturated rings. The second kappa shape index (κ2) is 4.67. The third-order valence-electron chi connectivity index (χ3n) is 2.99. The minimum absolute atomic E-state index is 0.0785. The highest BCUT2D eigenvalue weighted by Gasteiger charge is 2.26. The minimum atomic E-state index is -0.705. The molecule has 0 spiro atoms. The van der Waals surface area contributed by atoms with E-state index in [4.69, 9.17) is 4.52 Å². The fourth-order valence-corrected chi connectivity index (χ4v) is 2.08. The summed E-state index contributed by atoms with van der Waals surface area (Å²) in [5, 5.41) is 25.9. The number of aromatic nitrogens is 1. The topological polar surface area (TPSA) is 112 Å². The normalized spacial score (nSPS) is 10.7. The average molecular weight is 285 g/mol. The molecule has 1 aromatic heterocycles. The van der Waals surface area contributed by atoms with Crippen LogP contribution in [-0.2, 0) is 0 Å². The van der Waals surface area contributed by atoms with Crippen LogP contribution >= 0.6 is 0 Å². The Kier molecular flexibility index (Phi) is 2.83. The number of hydrogen-bond donors (Lipinski definition) is 0. The van der Waals surface area contributed by atoms with E-state index in [0.717, 1.165) is 12.1 Å². The first kappa shape index (κ1) is 12.7. The molecule has 0 atom stereocenters. The second-order valence-corrected chi connectivity index (χ2v) is 4.25. The Labute approximate surface area is 116 Å². The number of fused-ring (bicyclic) bond motifs is 1. The predicted octanol–water partition coefficient (Wildman–Crippen LogP) is 3.31. The molecule has 104 valence electrons. The van der Waals surface area contributed by atoms with E-state index in [0.29, 0.717) is 5.56 Å². The Balaban J connectivity index is 2.35. The Bertz CT molecular complexity index is 857. The van der Waals surface area contributed by atoms with Crippen molar-refractivity contribution in [1.29, 1.82) is 0 Å². The summed E-state index contributed by atoms with van der Waals surface area (Å²) in [5.74, 6) is 0.215. The van der Waals surface area contributed by atoms with Crippen LogP contribution in [0.1, 0.15) is 0 Å². The van der Waals surface area contributed by atoms with Crippen LogP contribution in [0.5, 0.6) is 0 Å². The van der Waals surface area contributed by atoms with Crippen LogP contribution in [-0.4, -0.2) is 15.0 Å². The molecule has 1 heterocycles. The molecular formula is C13H7N3O5. The lowest BCUT2D eigenvalue weighted by atomic mass is 10.1. The van der Waals surface area contributed by atoms with Crippen LogP contribution in [0.15, 0.2) is 47.0 Å². The van der Waals surface area contributed by atoms with E-state index in [1.165, 1.54) is 0 Å². The number of non-ortho nitro benzene ring substituents is 2. The molecular weight excluding hydrogens is 278 g/mol. The number of benzene rings is 2. The molecule has 0 aliphatic heterocycles. The molecule has 0 saturated heterocycles. The molecule has 3 aromatic rings. The van der Waals surface area contributed by atoms with Crippen molar-refractivity contribution in [1.82, 2.24) is 5.16 Å². The van der Waals surface area contributed by atoms with Gasteiger partial charge in [-0.3, -0.25) is 20.2 Å². The van der Waals surface area contributed by atoms with Gasteiger partial charge >= 0.3 is 0 Å². The average Bonchev–Trinajstić information content (AvgIpc) is 2.90. The van der Waals surface area contributed by atoms with Crippen molar-refractivity contribution in [3.8, 4) is 11.3 Å². The van der Waals surface area contributed by atoms with Crippen LogP contribution in [0.2, 0.25) is 0 Å². The van der Waals surface area contributed by atoms with Gasteiger partial charge in [0.1, 0.15) is 10.9 Å². The smallest absolute Gasteiger partial charge is 0.289 e. The molecule has 8 nitrogen and oxygen atoms in total. The van der Waals surface area contributed by atoms with Crippen molar-refractivity contribution in [2.24, 2.45) is 0 Å². The highest BCUT2D eigenvalue weighted by Crippen LogP contribution is 2.37. The van der Waals surface area contributed by atoms with Crippen LogP contribution in [0.25, 0.3) is 22.2 Å². The summed E-state index contributed by atoms with van der Waals surface area (Å²) in [4.78, 5) is 20.6. The molecule has 0 unspecified atom stereocenters. The molecule has 21 heavy (non-hydrogen) atoms. The van der Waals surface area contributed by atoms with Gasteiger partial charge in [-0.1, -0.05) is 35.5 Å². The van der Waals surface area contributed by atoms with Crippen molar-refractivity contribution in [3.05, 3.63) is 62.7 Å². The zero-order valence-corrected chi connectivity index (χ0v) is 10.4. The summed E-state index contributed by atoms with van der Waals surface area (Å²) in [6.45, 7) is 0. The van der Waals surface area contributed by atoms with E-state index in [9.17, 15) is 20.2 Å². The fourth-order valence-electron chi connectivity index (χ4n) is 2.08. The maximum Gasteiger partial charge on any atom is 0.289 e. The monoisotopic (exact) mass is 285 g/mol. The number of hydrogen-bond acceptors (Lipinski definition) is 6. The standard InChI is InChI=1S/C13H7N3O5/c17-15(18)9-6-10-12(11(7-9)16(19)20)13(21-14-10)8-4-2-1-3-5-8/h1-7H. The second-order valence-electron chi connectivity index (χ2n) is 4.25. The van der Waals surface area contributed by atoms with Gasteiger partial charge in [0.05, 0.1) is 15.9 Å². The molecule has 8 heteroatoms. The fraction of sp³-hybridized carbons (Fsp3) is 0. The van der Waals surface area contributed by atoms with E-state index < -0.39 is 21.2 Å². The van der Waals surface area contributed by atoms with Gasteiger partial charge in [0.2, 0.25) is 0 Å². The van der Waals surface area contributed by atoms with Crippen molar-refractivity contribution in [3.63, 3.8) is 0 Å². The molecule has 0 N–H and O–H groups in total. The van der Waals surface area contributed by atoms with Crippen molar-refractivity contribution in [2.75, 3.05) is 0 Å². The Hall–Kier alpha value is -3.29. The van der Waals surface area contributed by atoms with E-state index in [1.54, 1.807) is 30.3 Å². The van der Waals surface area contributed by atoms with Crippen molar-refractivity contribution < 1.29 is 14.4 Å². The predicted molar refractivity (Wildman–Crippen MR) is 72.8 cm³/mol. The highest BCUT2D eigenvalue weighted by molar-refractivity contribution is 5.99. The quantitative estimate of drug-likeness (QED) is 0.538. The van der Waals surface area contributed by atoms with E-state index in [1.807, 2.05) is 0 Å². The lowest BCUT2D eigenvalue weighted by molar-refractivity contribution is -0.393. The zero-order chi connectivity index (χ0) is 15.0. The van der Waals surface area contributed by atoms with Crippen LogP contribution < -0.4 is 0 Å². The maximum absolute atomic E-state index is 11.2. The molecule has 0 saturated carbocycles. The van der Waals surface area contributed by atoms with Gasteiger partial charge in [-0.2, -0.15) is 0 Å². The summed E-state index contributed by atoms with van der Waals surface area (Å²) < 4.78 is 5.15. The van der Waals surface area contributed by atoms with Gasteiger partial charge in [0.25, 0.3) is 11.4 Å². The summed E-state index contributed by atoms with van der Waals surface area (Å²) in [6.07, 6.45) is 0. The first-order chi connectivity index (χ1) is 10.1.